The van der Waals surface area contributed by atoms with Crippen molar-refractivity contribution in [3.05, 3.63) is 53.3 Å². The SMILES string of the molecule is O=C(CCC(=O)N1CCN(c2ncccn2)CC1)c1cccc(Cl)c1. The van der Waals surface area contributed by atoms with Crippen LogP contribution in [-0.4, -0.2) is 52.7 Å². The zero-order valence-electron chi connectivity index (χ0n) is 13.8. The van der Waals surface area contributed by atoms with Crippen molar-refractivity contribution in [3.63, 3.8) is 0 Å². The number of hydrogen-bond donors (Lipinski definition) is 0. The summed E-state index contributed by atoms with van der Waals surface area (Å²) < 4.78 is 0. The lowest BCUT2D eigenvalue weighted by Gasteiger charge is -2.34. The number of rotatable bonds is 5. The van der Waals surface area contributed by atoms with Gasteiger partial charge in [-0.3, -0.25) is 9.59 Å². The smallest absolute Gasteiger partial charge is 0.225 e. The summed E-state index contributed by atoms with van der Waals surface area (Å²) in [6.45, 7) is 2.61. The molecular formula is C18H19ClN4O2. The molecule has 0 unspecified atom stereocenters. The Hall–Kier alpha value is -2.47. The molecule has 2 heterocycles. The van der Waals surface area contributed by atoms with Gasteiger partial charge in [-0.1, -0.05) is 23.7 Å². The van der Waals surface area contributed by atoms with Crippen LogP contribution >= 0.6 is 11.6 Å². The Balaban J connectivity index is 1.47. The van der Waals surface area contributed by atoms with E-state index in [1.165, 1.54) is 0 Å². The summed E-state index contributed by atoms with van der Waals surface area (Å²) in [4.78, 5) is 36.8. The molecular weight excluding hydrogens is 340 g/mol. The van der Waals surface area contributed by atoms with E-state index in [0.29, 0.717) is 42.7 Å². The van der Waals surface area contributed by atoms with Crippen LogP contribution in [0.2, 0.25) is 5.02 Å². The van der Waals surface area contributed by atoms with Gasteiger partial charge in [0.2, 0.25) is 11.9 Å². The van der Waals surface area contributed by atoms with Crippen molar-refractivity contribution in [2.24, 2.45) is 0 Å². The van der Waals surface area contributed by atoms with Gasteiger partial charge in [0.05, 0.1) is 0 Å². The van der Waals surface area contributed by atoms with E-state index in [-0.39, 0.29) is 24.5 Å². The highest BCUT2D eigenvalue weighted by Crippen LogP contribution is 2.15. The molecule has 2 aromatic rings. The maximum Gasteiger partial charge on any atom is 0.225 e. The minimum Gasteiger partial charge on any atom is -0.339 e. The van der Waals surface area contributed by atoms with Crippen molar-refractivity contribution >= 4 is 29.2 Å². The third kappa shape index (κ3) is 4.54. The summed E-state index contributed by atoms with van der Waals surface area (Å²) in [6, 6.07) is 8.59. The van der Waals surface area contributed by atoms with Crippen molar-refractivity contribution in [3.8, 4) is 0 Å². The number of amides is 1. The Morgan fingerprint density at radius 2 is 1.72 bits per heavy atom. The lowest BCUT2D eigenvalue weighted by molar-refractivity contribution is -0.131. The first kappa shape index (κ1) is 17.4. The zero-order valence-corrected chi connectivity index (χ0v) is 14.5. The molecule has 1 amide bonds. The molecule has 7 heteroatoms. The van der Waals surface area contributed by atoms with Gasteiger partial charge in [0.1, 0.15) is 0 Å². The average molecular weight is 359 g/mol. The van der Waals surface area contributed by atoms with E-state index >= 15 is 0 Å². The van der Waals surface area contributed by atoms with Gasteiger partial charge in [-0.25, -0.2) is 9.97 Å². The van der Waals surface area contributed by atoms with Gasteiger partial charge in [0.25, 0.3) is 0 Å². The number of piperazine rings is 1. The van der Waals surface area contributed by atoms with Gasteiger partial charge in [-0.05, 0) is 18.2 Å². The maximum absolute atomic E-state index is 12.3. The van der Waals surface area contributed by atoms with E-state index in [2.05, 4.69) is 14.9 Å². The summed E-state index contributed by atoms with van der Waals surface area (Å²) in [5.74, 6) is 0.627. The number of halogens is 1. The number of aromatic nitrogens is 2. The Bertz CT molecular complexity index is 746. The molecule has 0 bridgehead atoms. The number of nitrogens with zero attached hydrogens (tertiary/aromatic N) is 4. The molecule has 6 nitrogen and oxygen atoms in total. The van der Waals surface area contributed by atoms with Crippen LogP contribution in [0.1, 0.15) is 23.2 Å². The fraction of sp³-hybridized carbons (Fsp3) is 0.333. The van der Waals surface area contributed by atoms with E-state index < -0.39 is 0 Å². The average Bonchev–Trinajstić information content (AvgIpc) is 2.66. The standard InChI is InChI=1S/C18H19ClN4O2/c19-15-4-1-3-14(13-15)16(24)5-6-17(25)22-9-11-23(12-10-22)18-20-7-2-8-21-18/h1-4,7-8,13H,5-6,9-12H2. The summed E-state index contributed by atoms with van der Waals surface area (Å²) in [7, 11) is 0. The third-order valence-electron chi connectivity index (χ3n) is 4.18. The Labute approximate surface area is 151 Å². The number of anilines is 1. The van der Waals surface area contributed by atoms with E-state index in [1.807, 2.05) is 0 Å². The molecule has 0 atom stereocenters. The lowest BCUT2D eigenvalue weighted by atomic mass is 10.1. The number of hydrogen-bond acceptors (Lipinski definition) is 5. The molecule has 0 N–H and O–H groups in total. The molecule has 1 aromatic heterocycles. The third-order valence-corrected chi connectivity index (χ3v) is 4.41. The second-order valence-electron chi connectivity index (χ2n) is 5.85. The second kappa shape index (κ2) is 8.07. The number of carbonyl (C=O) groups excluding carboxylic acids is 2. The van der Waals surface area contributed by atoms with E-state index in [0.717, 1.165) is 0 Å². The first-order valence-electron chi connectivity index (χ1n) is 8.22. The fourth-order valence-corrected chi connectivity index (χ4v) is 2.99. The summed E-state index contributed by atoms with van der Waals surface area (Å²) in [6.07, 6.45) is 3.83. The second-order valence-corrected chi connectivity index (χ2v) is 6.29. The molecule has 1 fully saturated rings. The van der Waals surface area contributed by atoms with E-state index in [1.54, 1.807) is 47.6 Å². The molecule has 0 radical (unpaired) electrons. The minimum atomic E-state index is -0.0628. The molecule has 0 aliphatic carbocycles. The Kier molecular flexibility index (Phi) is 5.60. The van der Waals surface area contributed by atoms with Crippen LogP contribution in [0.15, 0.2) is 42.7 Å². The highest BCUT2D eigenvalue weighted by Gasteiger charge is 2.22. The highest BCUT2D eigenvalue weighted by atomic mass is 35.5. The molecule has 1 aromatic carbocycles. The normalized spacial score (nSPS) is 14.4. The van der Waals surface area contributed by atoms with Crippen molar-refractivity contribution < 1.29 is 9.59 Å². The van der Waals surface area contributed by atoms with Crippen LogP contribution in [0.3, 0.4) is 0 Å². The summed E-state index contributed by atoms with van der Waals surface area (Å²) in [5.41, 5.74) is 0.548. The molecule has 3 rings (SSSR count). The molecule has 1 aliphatic rings. The zero-order chi connectivity index (χ0) is 17.6. The molecule has 0 spiro atoms. The first-order chi connectivity index (χ1) is 12.1. The van der Waals surface area contributed by atoms with Gasteiger partial charge >= 0.3 is 0 Å². The maximum atomic E-state index is 12.3. The van der Waals surface area contributed by atoms with Gasteiger partial charge in [0.15, 0.2) is 5.78 Å². The quantitative estimate of drug-likeness (QED) is 0.768. The Morgan fingerprint density at radius 3 is 2.40 bits per heavy atom. The topological polar surface area (TPSA) is 66.4 Å². The van der Waals surface area contributed by atoms with Gasteiger partial charge in [-0.2, -0.15) is 0 Å². The highest BCUT2D eigenvalue weighted by molar-refractivity contribution is 6.31. The van der Waals surface area contributed by atoms with Crippen molar-refractivity contribution in [1.29, 1.82) is 0 Å². The van der Waals surface area contributed by atoms with Crippen LogP contribution in [0.25, 0.3) is 0 Å². The van der Waals surface area contributed by atoms with Crippen molar-refractivity contribution in [2.75, 3.05) is 31.1 Å². The molecule has 1 aliphatic heterocycles. The van der Waals surface area contributed by atoms with Crippen molar-refractivity contribution in [2.45, 2.75) is 12.8 Å². The number of Topliss-reactive ketones (excluding diaryl/α,β-unsaturated/α-hetero) is 1. The van der Waals surface area contributed by atoms with E-state index in [4.69, 9.17) is 11.6 Å². The van der Waals surface area contributed by atoms with Crippen LogP contribution in [-0.2, 0) is 4.79 Å². The number of benzene rings is 1. The molecule has 0 saturated carbocycles. The molecule has 25 heavy (non-hydrogen) atoms. The molecule has 1 saturated heterocycles. The first-order valence-corrected chi connectivity index (χ1v) is 8.60. The van der Waals surface area contributed by atoms with Gasteiger partial charge in [0, 0.05) is 62.0 Å². The largest absolute Gasteiger partial charge is 0.339 e. The van der Waals surface area contributed by atoms with E-state index in [9.17, 15) is 9.59 Å². The summed E-state index contributed by atoms with van der Waals surface area (Å²) >= 11 is 5.90. The number of carbonyl (C=O) groups is 2. The van der Waals surface area contributed by atoms with Gasteiger partial charge in [-0.15, -0.1) is 0 Å². The monoisotopic (exact) mass is 358 g/mol. The summed E-state index contributed by atoms with van der Waals surface area (Å²) in [5, 5.41) is 0.524. The predicted octanol–water partition coefficient (Wildman–Crippen LogP) is 2.44. The van der Waals surface area contributed by atoms with Gasteiger partial charge < -0.3 is 9.80 Å². The predicted molar refractivity (Wildman–Crippen MR) is 95.8 cm³/mol. The van der Waals surface area contributed by atoms with Crippen LogP contribution in [0.5, 0.6) is 0 Å². The van der Waals surface area contributed by atoms with Crippen LogP contribution in [0, 0.1) is 0 Å². The lowest BCUT2D eigenvalue weighted by Crippen LogP contribution is -2.49. The van der Waals surface area contributed by atoms with Crippen molar-refractivity contribution in [1.82, 2.24) is 14.9 Å². The number of ketones is 1. The van der Waals surface area contributed by atoms with Crippen LogP contribution < -0.4 is 4.90 Å². The fourth-order valence-electron chi connectivity index (χ4n) is 2.80. The molecule has 130 valence electrons. The minimum absolute atomic E-state index is 0.00371. The Morgan fingerprint density at radius 1 is 1.00 bits per heavy atom. The van der Waals surface area contributed by atoms with Crippen LogP contribution in [0.4, 0.5) is 5.95 Å².